The highest BCUT2D eigenvalue weighted by Gasteiger charge is 2.30. The molecule has 35 heavy (non-hydrogen) atoms. The molecular formula is C24H21F3N4O3S. The molecule has 0 radical (unpaired) electrons. The molecule has 4 aromatic rings. The molecule has 0 saturated carbocycles. The first-order chi connectivity index (χ1) is 16.4. The van der Waals surface area contributed by atoms with Crippen molar-refractivity contribution in [3.63, 3.8) is 0 Å². The lowest BCUT2D eigenvalue weighted by Gasteiger charge is -2.13. The molecule has 0 atom stereocenters. The Labute approximate surface area is 199 Å². The van der Waals surface area contributed by atoms with E-state index in [1.165, 1.54) is 24.3 Å². The van der Waals surface area contributed by atoms with E-state index in [0.29, 0.717) is 16.6 Å². The van der Waals surface area contributed by atoms with Gasteiger partial charge in [0.15, 0.2) is 9.84 Å². The summed E-state index contributed by atoms with van der Waals surface area (Å²) in [6.07, 6.45) is -2.90. The number of rotatable bonds is 5. The maximum absolute atomic E-state index is 13.2. The van der Waals surface area contributed by atoms with E-state index in [4.69, 9.17) is 0 Å². The normalized spacial score (nSPS) is 12.0. The Morgan fingerprint density at radius 2 is 1.71 bits per heavy atom. The van der Waals surface area contributed by atoms with Gasteiger partial charge in [-0.1, -0.05) is 18.2 Å². The summed E-state index contributed by atoms with van der Waals surface area (Å²) in [7, 11) is -1.93. The maximum Gasteiger partial charge on any atom is 0.416 e. The number of amides is 2. The van der Waals surface area contributed by atoms with Crippen LogP contribution in [-0.4, -0.2) is 24.0 Å². The van der Waals surface area contributed by atoms with Crippen molar-refractivity contribution in [3.8, 4) is 0 Å². The summed E-state index contributed by atoms with van der Waals surface area (Å²) in [5.74, 6) is -0.264. The molecule has 0 bridgehead atoms. The Hall–Kier alpha value is -3.86. The van der Waals surface area contributed by atoms with E-state index in [9.17, 15) is 26.4 Å². The van der Waals surface area contributed by atoms with Crippen molar-refractivity contribution in [2.75, 3.05) is 10.6 Å². The van der Waals surface area contributed by atoms with E-state index < -0.39 is 27.6 Å². The van der Waals surface area contributed by atoms with E-state index in [2.05, 4.69) is 15.6 Å². The zero-order valence-electron chi connectivity index (χ0n) is 18.7. The van der Waals surface area contributed by atoms with Crippen molar-refractivity contribution >= 4 is 38.3 Å². The van der Waals surface area contributed by atoms with E-state index in [0.717, 1.165) is 17.6 Å². The standard InChI is InChI=1S/C24H21F3N4O3S/c1-15-6-8-19(30-23(32)29-18-5-3-4-17(11-18)24(25,26)27)12-22(15)35(33,34)13-16-7-9-21-20(10-16)28-14-31(21)2/h3-12,14H,13H2,1-2H3,(H2,29,30,32). The van der Waals surface area contributed by atoms with Crippen LogP contribution in [0.25, 0.3) is 11.0 Å². The molecule has 2 N–H and O–H groups in total. The molecule has 7 nitrogen and oxygen atoms in total. The van der Waals surface area contributed by atoms with Crippen molar-refractivity contribution in [1.82, 2.24) is 9.55 Å². The number of nitrogens with one attached hydrogen (secondary N) is 2. The Kier molecular flexibility index (Phi) is 6.28. The number of halogens is 3. The average Bonchev–Trinajstić information content (AvgIpc) is 3.14. The minimum Gasteiger partial charge on any atom is -0.334 e. The molecule has 0 spiro atoms. The fourth-order valence-electron chi connectivity index (χ4n) is 3.65. The van der Waals surface area contributed by atoms with Gasteiger partial charge in [-0.15, -0.1) is 0 Å². The number of imidazole rings is 1. The third-order valence-electron chi connectivity index (χ3n) is 5.38. The second-order valence-electron chi connectivity index (χ2n) is 8.08. The van der Waals surface area contributed by atoms with Crippen molar-refractivity contribution < 1.29 is 26.4 Å². The largest absolute Gasteiger partial charge is 0.416 e. The molecular weight excluding hydrogens is 481 g/mol. The monoisotopic (exact) mass is 502 g/mol. The minimum absolute atomic E-state index is 0.0375. The summed E-state index contributed by atoms with van der Waals surface area (Å²) >= 11 is 0. The number of aromatic nitrogens is 2. The van der Waals surface area contributed by atoms with Crippen LogP contribution in [0.3, 0.4) is 0 Å². The van der Waals surface area contributed by atoms with Gasteiger partial charge >= 0.3 is 12.2 Å². The van der Waals surface area contributed by atoms with E-state index >= 15 is 0 Å². The number of nitrogens with zero attached hydrogens (tertiary/aromatic N) is 2. The predicted octanol–water partition coefficient (Wildman–Crippen LogP) is 5.52. The van der Waals surface area contributed by atoms with Gasteiger partial charge < -0.3 is 15.2 Å². The predicted molar refractivity (Wildman–Crippen MR) is 127 cm³/mol. The minimum atomic E-state index is -4.55. The number of carbonyl (C=O) groups is 1. The first-order valence-corrected chi connectivity index (χ1v) is 12.1. The molecule has 1 aromatic heterocycles. The summed E-state index contributed by atoms with van der Waals surface area (Å²) in [5.41, 5.74) is 1.84. The summed E-state index contributed by atoms with van der Waals surface area (Å²) < 4.78 is 66.8. The Morgan fingerprint density at radius 1 is 1.00 bits per heavy atom. The lowest BCUT2D eigenvalue weighted by Crippen LogP contribution is -2.20. The van der Waals surface area contributed by atoms with Crippen LogP contribution in [0, 0.1) is 6.92 Å². The topological polar surface area (TPSA) is 93.1 Å². The lowest BCUT2D eigenvalue weighted by molar-refractivity contribution is -0.137. The number of alkyl halides is 3. The lowest BCUT2D eigenvalue weighted by atomic mass is 10.2. The van der Waals surface area contributed by atoms with Crippen LogP contribution in [-0.2, 0) is 28.8 Å². The van der Waals surface area contributed by atoms with Crippen LogP contribution in [0.2, 0.25) is 0 Å². The zero-order chi connectivity index (χ0) is 25.4. The molecule has 0 saturated heterocycles. The number of hydrogen-bond donors (Lipinski definition) is 2. The first kappa shape index (κ1) is 24.3. The number of anilines is 2. The zero-order valence-corrected chi connectivity index (χ0v) is 19.5. The molecule has 4 rings (SSSR count). The SMILES string of the molecule is Cc1ccc(NC(=O)Nc2cccc(C(F)(F)F)c2)cc1S(=O)(=O)Cc1ccc2c(c1)ncn2C. The van der Waals surface area contributed by atoms with Gasteiger partial charge in [-0.2, -0.15) is 13.2 Å². The molecule has 182 valence electrons. The Balaban J connectivity index is 1.52. The Morgan fingerprint density at radius 3 is 2.43 bits per heavy atom. The van der Waals surface area contributed by atoms with Gasteiger partial charge in [0.2, 0.25) is 0 Å². The van der Waals surface area contributed by atoms with Gasteiger partial charge in [0.1, 0.15) is 0 Å². The van der Waals surface area contributed by atoms with E-state index in [1.807, 2.05) is 11.6 Å². The smallest absolute Gasteiger partial charge is 0.334 e. The van der Waals surface area contributed by atoms with Gasteiger partial charge in [0.25, 0.3) is 0 Å². The number of carbonyl (C=O) groups excluding carboxylic acids is 1. The molecule has 3 aromatic carbocycles. The quantitative estimate of drug-likeness (QED) is 0.376. The third-order valence-corrected chi connectivity index (χ3v) is 7.20. The van der Waals surface area contributed by atoms with Crippen LogP contribution in [0.5, 0.6) is 0 Å². The van der Waals surface area contributed by atoms with Gasteiger partial charge in [-0.25, -0.2) is 18.2 Å². The molecule has 0 aliphatic carbocycles. The molecule has 2 amide bonds. The molecule has 11 heteroatoms. The fourth-order valence-corrected chi connectivity index (χ4v) is 5.29. The summed E-state index contributed by atoms with van der Waals surface area (Å²) in [6, 6.07) is 13.0. The highest BCUT2D eigenvalue weighted by molar-refractivity contribution is 7.90. The van der Waals surface area contributed by atoms with Crippen LogP contribution in [0.1, 0.15) is 16.7 Å². The Bertz CT molecular complexity index is 1530. The maximum atomic E-state index is 13.2. The number of hydrogen-bond acceptors (Lipinski definition) is 4. The average molecular weight is 503 g/mol. The van der Waals surface area contributed by atoms with Crippen LogP contribution in [0.4, 0.5) is 29.3 Å². The first-order valence-electron chi connectivity index (χ1n) is 10.4. The number of aryl methyl sites for hydroxylation is 2. The number of urea groups is 1. The molecule has 1 heterocycles. The molecule has 0 aliphatic rings. The molecule has 0 aliphatic heterocycles. The van der Waals surface area contributed by atoms with Gasteiger partial charge in [0.05, 0.1) is 33.6 Å². The second-order valence-corrected chi connectivity index (χ2v) is 10.0. The van der Waals surface area contributed by atoms with E-state index in [1.54, 1.807) is 37.5 Å². The summed E-state index contributed by atoms with van der Waals surface area (Å²) in [6.45, 7) is 1.64. The summed E-state index contributed by atoms with van der Waals surface area (Å²) in [4.78, 5) is 16.6. The van der Waals surface area contributed by atoms with E-state index in [-0.39, 0.29) is 22.0 Å². The van der Waals surface area contributed by atoms with Gasteiger partial charge in [-0.3, -0.25) is 0 Å². The number of benzene rings is 3. The van der Waals surface area contributed by atoms with Crippen molar-refractivity contribution in [3.05, 3.63) is 83.7 Å². The highest BCUT2D eigenvalue weighted by Crippen LogP contribution is 2.31. The number of sulfone groups is 1. The second kappa shape index (κ2) is 9.06. The van der Waals surface area contributed by atoms with Crippen LogP contribution >= 0.6 is 0 Å². The summed E-state index contributed by atoms with van der Waals surface area (Å²) in [5, 5.41) is 4.80. The third kappa shape index (κ3) is 5.46. The molecule has 0 fully saturated rings. The highest BCUT2D eigenvalue weighted by atomic mass is 32.2. The van der Waals surface area contributed by atoms with Crippen molar-refractivity contribution in [2.24, 2.45) is 7.05 Å². The van der Waals surface area contributed by atoms with Gasteiger partial charge in [0, 0.05) is 18.4 Å². The van der Waals surface area contributed by atoms with Crippen LogP contribution < -0.4 is 10.6 Å². The van der Waals surface area contributed by atoms with Gasteiger partial charge in [-0.05, 0) is 60.5 Å². The van der Waals surface area contributed by atoms with Crippen LogP contribution in [0.15, 0.2) is 71.9 Å². The van der Waals surface area contributed by atoms with Crippen molar-refractivity contribution in [2.45, 2.75) is 23.7 Å². The fraction of sp³-hybridized carbons (Fsp3) is 0.167. The van der Waals surface area contributed by atoms with Crippen molar-refractivity contribution in [1.29, 1.82) is 0 Å². The number of fused-ring (bicyclic) bond motifs is 1. The molecule has 0 unspecified atom stereocenters.